The lowest BCUT2D eigenvalue weighted by molar-refractivity contribution is -0.115. The summed E-state index contributed by atoms with van der Waals surface area (Å²) in [5.41, 5.74) is 2.21. The molecule has 1 aromatic heterocycles. The van der Waals surface area contributed by atoms with Gasteiger partial charge in [-0.1, -0.05) is 50.6 Å². The Balaban J connectivity index is 1.55. The normalized spacial score (nSPS) is 19.4. The van der Waals surface area contributed by atoms with Gasteiger partial charge in [0, 0.05) is 52.0 Å². The highest BCUT2D eigenvalue weighted by Gasteiger charge is 2.17. The molecule has 2 atom stereocenters. The lowest BCUT2D eigenvalue weighted by Gasteiger charge is -2.18. The van der Waals surface area contributed by atoms with Gasteiger partial charge >= 0.3 is 0 Å². The van der Waals surface area contributed by atoms with Crippen LogP contribution in [0.5, 0.6) is 0 Å². The van der Waals surface area contributed by atoms with E-state index in [0.29, 0.717) is 44.6 Å². The van der Waals surface area contributed by atoms with E-state index >= 15 is 0 Å². The summed E-state index contributed by atoms with van der Waals surface area (Å²) in [6.07, 6.45) is 17.1. The predicted octanol–water partition coefficient (Wildman–Crippen LogP) is 5.06. The molecule has 1 fully saturated rings. The molecule has 214 valence electrons. The highest BCUT2D eigenvalue weighted by atomic mass is 16.5. The quantitative estimate of drug-likeness (QED) is 0.211. The van der Waals surface area contributed by atoms with Gasteiger partial charge in [-0.25, -0.2) is 10.1 Å². The number of aromatic nitrogens is 4. The first kappa shape index (κ1) is 30.5. The van der Waals surface area contributed by atoms with Gasteiger partial charge < -0.3 is 15.4 Å². The van der Waals surface area contributed by atoms with Gasteiger partial charge in [0.05, 0.1) is 6.20 Å². The molecule has 39 heavy (non-hydrogen) atoms. The molecule has 9 nitrogen and oxygen atoms in total. The van der Waals surface area contributed by atoms with Crippen LogP contribution in [-0.4, -0.2) is 76.8 Å². The van der Waals surface area contributed by atoms with E-state index in [1.165, 1.54) is 12.0 Å². The summed E-state index contributed by atoms with van der Waals surface area (Å²) in [6.45, 7) is 14.3. The molecule has 9 heteroatoms. The number of carbonyl (C=O) groups is 1. The minimum atomic E-state index is 0.187. The number of carbonyl (C=O) groups excluding carboxylic acids is 1. The summed E-state index contributed by atoms with van der Waals surface area (Å²) in [5, 5.41) is 14.1. The molecule has 2 aliphatic rings. The molecular formula is C30H47N7O2. The molecule has 2 unspecified atom stereocenters. The molecule has 1 saturated heterocycles. The fourth-order valence-corrected chi connectivity index (χ4v) is 4.62. The number of hydrogen-bond donors (Lipinski definition) is 3. The van der Waals surface area contributed by atoms with Crippen molar-refractivity contribution in [1.82, 2.24) is 25.1 Å². The Labute approximate surface area is 233 Å². The molecule has 1 aliphatic carbocycles. The van der Waals surface area contributed by atoms with Crippen LogP contribution < -0.4 is 10.6 Å². The number of anilines is 2. The van der Waals surface area contributed by atoms with Crippen molar-refractivity contribution < 1.29 is 9.53 Å². The van der Waals surface area contributed by atoms with Crippen molar-refractivity contribution in [2.24, 2.45) is 11.8 Å². The lowest BCUT2D eigenvalue weighted by atomic mass is 9.90. The van der Waals surface area contributed by atoms with E-state index in [4.69, 9.17) is 4.74 Å². The first-order valence-corrected chi connectivity index (χ1v) is 14.4. The summed E-state index contributed by atoms with van der Waals surface area (Å²) >= 11 is 0. The summed E-state index contributed by atoms with van der Waals surface area (Å²) < 4.78 is 5.43. The van der Waals surface area contributed by atoms with Crippen molar-refractivity contribution in [3.63, 3.8) is 0 Å². The number of ether oxygens (including phenoxy) is 1. The Morgan fingerprint density at radius 3 is 2.95 bits per heavy atom. The topological polar surface area (TPSA) is 108 Å². The minimum absolute atomic E-state index is 0.187. The molecular weight excluding hydrogens is 490 g/mol. The number of aromatic amines is 1. The average Bonchev–Trinajstić information content (AvgIpc) is 3.36. The average molecular weight is 538 g/mol. The van der Waals surface area contributed by atoms with Crippen molar-refractivity contribution in [2.75, 3.05) is 56.6 Å². The van der Waals surface area contributed by atoms with E-state index < -0.39 is 0 Å². The van der Waals surface area contributed by atoms with E-state index in [1.54, 1.807) is 12.3 Å². The first-order chi connectivity index (χ1) is 18.9. The van der Waals surface area contributed by atoms with E-state index in [2.05, 4.69) is 74.7 Å². The molecule has 1 aromatic rings. The predicted molar refractivity (Wildman–Crippen MR) is 158 cm³/mol. The van der Waals surface area contributed by atoms with Crippen molar-refractivity contribution in [3.05, 3.63) is 53.9 Å². The Kier molecular flexibility index (Phi) is 13.2. The van der Waals surface area contributed by atoms with E-state index in [1.807, 2.05) is 19.2 Å². The summed E-state index contributed by atoms with van der Waals surface area (Å²) in [7, 11) is 0. The number of hydrogen-bond acceptors (Lipinski definition) is 8. The third kappa shape index (κ3) is 11.7. The van der Waals surface area contributed by atoms with Gasteiger partial charge in [-0.05, 0) is 62.1 Å². The van der Waals surface area contributed by atoms with Crippen LogP contribution in [0.15, 0.2) is 48.3 Å². The van der Waals surface area contributed by atoms with Crippen LogP contribution in [0, 0.1) is 11.8 Å². The fraction of sp³-hybridized carbons (Fsp3) is 0.600. The van der Waals surface area contributed by atoms with Crippen molar-refractivity contribution in [3.8, 4) is 0 Å². The molecule has 3 rings (SSSR count). The highest BCUT2D eigenvalue weighted by Crippen LogP contribution is 2.22. The third-order valence-corrected chi connectivity index (χ3v) is 6.92. The second kappa shape index (κ2) is 16.8. The van der Waals surface area contributed by atoms with Crippen LogP contribution in [0.1, 0.15) is 64.9 Å². The molecule has 2 heterocycles. The Hall–Kier alpha value is -3.04. The molecule has 1 aliphatic heterocycles. The molecule has 0 radical (unpaired) electrons. The lowest BCUT2D eigenvalue weighted by Crippen LogP contribution is -2.20. The fourth-order valence-electron chi connectivity index (χ4n) is 4.62. The van der Waals surface area contributed by atoms with Crippen molar-refractivity contribution >= 4 is 17.7 Å². The summed E-state index contributed by atoms with van der Waals surface area (Å²) in [6, 6.07) is 0. The zero-order valence-electron chi connectivity index (χ0n) is 24.2. The van der Waals surface area contributed by atoms with Crippen molar-refractivity contribution in [1.29, 1.82) is 0 Å². The number of H-pyrrole nitrogens is 1. The van der Waals surface area contributed by atoms with Crippen LogP contribution in [-0.2, 0) is 9.53 Å². The number of allylic oxidation sites excluding steroid dienone is 4. The van der Waals surface area contributed by atoms with E-state index in [9.17, 15) is 4.79 Å². The minimum Gasteiger partial charge on any atom is -0.382 e. The molecule has 0 aromatic carbocycles. The molecule has 0 saturated carbocycles. The highest BCUT2D eigenvalue weighted by molar-refractivity contribution is 5.90. The maximum Gasteiger partial charge on any atom is 0.225 e. The number of nitrogens with zero attached hydrogens (tertiary/aromatic N) is 4. The Morgan fingerprint density at radius 2 is 2.18 bits per heavy atom. The molecule has 0 amide bonds. The Morgan fingerprint density at radius 1 is 1.31 bits per heavy atom. The zero-order chi connectivity index (χ0) is 27.9. The standard InChI is InChI=1S/C30H47N7O2/c1-5-39-16-8-13-31-29-33-20-27(23(2)3)21-34-36-30(35-29)32-19-26-10-6-9-25(17-26)18-28(38)11-7-14-37-15-12-24(4)22-37/h6-7,9-11,20-21,23-25H,5,8,12-19,22H2,1-4H3,(H3,31,32,33,35,36)/b11-7+,27-20?,34-21?. The number of ketones is 1. The van der Waals surface area contributed by atoms with Gasteiger partial charge in [-0.2, -0.15) is 10.1 Å². The smallest absolute Gasteiger partial charge is 0.225 e. The first-order valence-electron chi connectivity index (χ1n) is 14.4. The van der Waals surface area contributed by atoms with Crippen molar-refractivity contribution in [2.45, 2.75) is 59.3 Å². The maximum absolute atomic E-state index is 12.6. The third-order valence-electron chi connectivity index (χ3n) is 6.92. The van der Waals surface area contributed by atoms with Crippen LogP contribution >= 0.6 is 0 Å². The second-order valence-corrected chi connectivity index (χ2v) is 10.8. The largest absolute Gasteiger partial charge is 0.382 e. The maximum atomic E-state index is 12.6. The van der Waals surface area contributed by atoms with Gasteiger partial charge in [0.1, 0.15) is 0 Å². The number of likely N-dealkylation sites (tertiary alicyclic amines) is 1. The second-order valence-electron chi connectivity index (χ2n) is 10.8. The monoisotopic (exact) mass is 537 g/mol. The van der Waals surface area contributed by atoms with Gasteiger partial charge in [-0.3, -0.25) is 9.69 Å². The Bertz CT molecular complexity index is 1050. The van der Waals surface area contributed by atoms with Crippen LogP contribution in [0.4, 0.5) is 11.9 Å². The summed E-state index contributed by atoms with van der Waals surface area (Å²) in [4.78, 5) is 24.2. The van der Waals surface area contributed by atoms with Gasteiger partial charge in [0.2, 0.25) is 11.9 Å². The van der Waals surface area contributed by atoms with Gasteiger partial charge in [-0.15, -0.1) is 0 Å². The number of nitrogens with one attached hydrogen (secondary N) is 3. The summed E-state index contributed by atoms with van der Waals surface area (Å²) in [5.74, 6) is 2.46. The van der Waals surface area contributed by atoms with Gasteiger partial charge in [0.15, 0.2) is 5.78 Å². The van der Waals surface area contributed by atoms with Crippen LogP contribution in [0.2, 0.25) is 0 Å². The molecule has 0 spiro atoms. The van der Waals surface area contributed by atoms with E-state index in [-0.39, 0.29) is 17.6 Å². The number of rotatable bonds is 15. The SMILES string of the molecule is CCOCCCNc1ncc(C(C)C)cn[nH]c(NCC2=CC=CC(CC(=O)/C=C/CN3CCC(C)C3)C2)n1. The van der Waals surface area contributed by atoms with Gasteiger partial charge in [0.25, 0.3) is 0 Å². The van der Waals surface area contributed by atoms with Crippen LogP contribution in [0.3, 0.4) is 0 Å². The van der Waals surface area contributed by atoms with E-state index in [0.717, 1.165) is 44.0 Å². The van der Waals surface area contributed by atoms with Crippen LogP contribution in [0.25, 0.3) is 0 Å². The zero-order valence-corrected chi connectivity index (χ0v) is 24.2. The molecule has 0 bridgehead atoms. The molecule has 3 N–H and O–H groups in total.